The largest absolute Gasteiger partial charge is 0.497 e. The molecule has 5 nitrogen and oxygen atoms in total. The van der Waals surface area contributed by atoms with Gasteiger partial charge in [0.05, 0.1) is 24.4 Å². The van der Waals surface area contributed by atoms with Gasteiger partial charge in [-0.1, -0.05) is 11.6 Å². The van der Waals surface area contributed by atoms with Crippen molar-refractivity contribution in [1.82, 2.24) is 9.55 Å². The number of hydrogen-bond donors (Lipinski definition) is 1. The van der Waals surface area contributed by atoms with E-state index in [1.165, 1.54) is 6.07 Å². The summed E-state index contributed by atoms with van der Waals surface area (Å²) in [5.74, 6) is 0.649. The average molecular weight is 327 g/mol. The Balaban J connectivity index is 2.62. The van der Waals surface area contributed by atoms with Gasteiger partial charge in [0, 0.05) is 25.3 Å². The molecule has 0 aliphatic rings. The maximum Gasteiger partial charge on any atom is 0.252 e. The SMILES string of the molecule is COCCn1c(-c2ccc(OC)cc2Cl)cc(=O)[nH]c1=S. The van der Waals surface area contributed by atoms with E-state index < -0.39 is 0 Å². The van der Waals surface area contributed by atoms with Gasteiger partial charge in [0.15, 0.2) is 4.77 Å². The van der Waals surface area contributed by atoms with Crippen LogP contribution in [0.2, 0.25) is 5.02 Å². The summed E-state index contributed by atoms with van der Waals surface area (Å²) in [6, 6.07) is 6.75. The molecule has 0 aliphatic carbocycles. The molecule has 0 atom stereocenters. The van der Waals surface area contributed by atoms with Gasteiger partial charge in [-0.2, -0.15) is 0 Å². The van der Waals surface area contributed by atoms with Crippen LogP contribution >= 0.6 is 23.8 Å². The van der Waals surface area contributed by atoms with Crippen LogP contribution in [0.1, 0.15) is 0 Å². The Hall–Kier alpha value is -1.63. The molecule has 0 spiro atoms. The molecule has 0 saturated carbocycles. The minimum atomic E-state index is -0.268. The lowest BCUT2D eigenvalue weighted by Crippen LogP contribution is -2.17. The van der Waals surface area contributed by atoms with Crippen molar-refractivity contribution in [2.45, 2.75) is 6.54 Å². The molecule has 1 aromatic carbocycles. The van der Waals surface area contributed by atoms with E-state index in [0.29, 0.717) is 40.0 Å². The van der Waals surface area contributed by atoms with E-state index in [9.17, 15) is 4.79 Å². The van der Waals surface area contributed by atoms with Crippen molar-refractivity contribution in [3.8, 4) is 17.0 Å². The number of H-pyrrole nitrogens is 1. The van der Waals surface area contributed by atoms with Gasteiger partial charge in [-0.25, -0.2) is 0 Å². The minimum absolute atomic E-state index is 0.268. The van der Waals surface area contributed by atoms with Crippen LogP contribution in [0.4, 0.5) is 0 Å². The first-order chi connectivity index (χ1) is 10.1. The zero-order chi connectivity index (χ0) is 15.4. The van der Waals surface area contributed by atoms with Crippen molar-refractivity contribution in [2.24, 2.45) is 0 Å². The van der Waals surface area contributed by atoms with E-state index in [2.05, 4.69) is 4.98 Å². The quantitative estimate of drug-likeness (QED) is 0.858. The monoisotopic (exact) mass is 326 g/mol. The third-order valence-electron chi connectivity index (χ3n) is 3.01. The predicted octanol–water partition coefficient (Wildman–Crippen LogP) is 2.88. The highest BCUT2D eigenvalue weighted by Crippen LogP contribution is 2.30. The van der Waals surface area contributed by atoms with Crippen molar-refractivity contribution >= 4 is 23.8 Å². The van der Waals surface area contributed by atoms with Crippen molar-refractivity contribution in [1.29, 1.82) is 0 Å². The first kappa shape index (κ1) is 15.8. The summed E-state index contributed by atoms with van der Waals surface area (Å²) in [6.45, 7) is 0.991. The van der Waals surface area contributed by atoms with Crippen LogP contribution in [0, 0.1) is 4.77 Å². The van der Waals surface area contributed by atoms with Gasteiger partial charge in [0.2, 0.25) is 0 Å². The van der Waals surface area contributed by atoms with Crippen molar-refractivity contribution in [3.63, 3.8) is 0 Å². The lowest BCUT2D eigenvalue weighted by atomic mass is 10.1. The molecule has 2 rings (SSSR count). The molecule has 0 fully saturated rings. The number of rotatable bonds is 5. The third-order valence-corrected chi connectivity index (χ3v) is 3.64. The fourth-order valence-corrected chi connectivity index (χ4v) is 2.54. The first-order valence-electron chi connectivity index (χ1n) is 6.24. The van der Waals surface area contributed by atoms with E-state index in [-0.39, 0.29) is 5.56 Å². The molecule has 1 heterocycles. The number of ether oxygens (including phenoxy) is 2. The number of benzene rings is 1. The van der Waals surface area contributed by atoms with Gasteiger partial charge < -0.3 is 14.0 Å². The fraction of sp³-hybridized carbons (Fsp3) is 0.286. The molecule has 0 radical (unpaired) electrons. The Morgan fingerprint density at radius 1 is 1.33 bits per heavy atom. The molecular formula is C14H15ClN2O3S. The number of aromatic amines is 1. The number of halogens is 1. The molecule has 7 heteroatoms. The zero-order valence-corrected chi connectivity index (χ0v) is 13.3. The van der Waals surface area contributed by atoms with E-state index in [1.807, 2.05) is 0 Å². The van der Waals surface area contributed by atoms with Crippen molar-refractivity contribution in [3.05, 3.63) is 44.4 Å². The zero-order valence-electron chi connectivity index (χ0n) is 11.7. The first-order valence-corrected chi connectivity index (χ1v) is 7.02. The predicted molar refractivity (Wildman–Crippen MR) is 84.8 cm³/mol. The van der Waals surface area contributed by atoms with Crippen molar-refractivity contribution in [2.75, 3.05) is 20.8 Å². The van der Waals surface area contributed by atoms with Gasteiger partial charge in [0.1, 0.15) is 5.75 Å². The Morgan fingerprint density at radius 2 is 2.10 bits per heavy atom. The molecule has 0 bridgehead atoms. The summed E-state index contributed by atoms with van der Waals surface area (Å²) in [5.41, 5.74) is 1.09. The number of nitrogens with zero attached hydrogens (tertiary/aromatic N) is 1. The highest BCUT2D eigenvalue weighted by atomic mass is 35.5. The molecule has 0 unspecified atom stereocenters. The minimum Gasteiger partial charge on any atom is -0.497 e. The van der Waals surface area contributed by atoms with Gasteiger partial charge in [0.25, 0.3) is 5.56 Å². The van der Waals surface area contributed by atoms with Gasteiger partial charge in [-0.15, -0.1) is 0 Å². The Kier molecular flexibility index (Phi) is 5.17. The molecule has 0 amide bonds. The Labute approximate surface area is 132 Å². The third kappa shape index (κ3) is 3.53. The van der Waals surface area contributed by atoms with Gasteiger partial charge in [-0.05, 0) is 30.4 Å². The van der Waals surface area contributed by atoms with E-state index in [1.54, 1.807) is 37.0 Å². The summed E-state index contributed by atoms with van der Waals surface area (Å²) in [5, 5.41) is 0.487. The normalized spacial score (nSPS) is 10.6. The molecule has 0 aliphatic heterocycles. The number of hydrogen-bond acceptors (Lipinski definition) is 4. The smallest absolute Gasteiger partial charge is 0.252 e. The standard InChI is InChI=1S/C14H15ClN2O3S/c1-19-6-5-17-12(8-13(18)16-14(17)21)10-4-3-9(20-2)7-11(10)15/h3-4,7-8H,5-6H2,1-2H3,(H,16,18,21). The summed E-state index contributed by atoms with van der Waals surface area (Å²) in [6.07, 6.45) is 0. The molecule has 0 saturated heterocycles. The van der Waals surface area contributed by atoms with Crippen LogP contribution < -0.4 is 10.3 Å². The second kappa shape index (κ2) is 6.89. The van der Waals surface area contributed by atoms with Crippen LogP contribution in [0.15, 0.2) is 29.1 Å². The van der Waals surface area contributed by atoms with E-state index in [0.717, 1.165) is 0 Å². The summed E-state index contributed by atoms with van der Waals surface area (Å²) in [4.78, 5) is 14.3. The molecular weight excluding hydrogens is 312 g/mol. The maximum absolute atomic E-state index is 11.7. The molecule has 21 heavy (non-hydrogen) atoms. The van der Waals surface area contributed by atoms with Gasteiger partial charge in [-0.3, -0.25) is 9.78 Å². The van der Waals surface area contributed by atoms with Crippen LogP contribution in [-0.2, 0) is 11.3 Å². The van der Waals surface area contributed by atoms with Crippen LogP contribution in [0.5, 0.6) is 5.75 Å². The number of nitrogens with one attached hydrogen (secondary N) is 1. The van der Waals surface area contributed by atoms with E-state index in [4.69, 9.17) is 33.3 Å². The summed E-state index contributed by atoms with van der Waals surface area (Å²) < 4.78 is 12.3. The van der Waals surface area contributed by atoms with Crippen LogP contribution in [-0.4, -0.2) is 30.4 Å². The summed E-state index contributed by atoms with van der Waals surface area (Å²) in [7, 11) is 3.17. The molecule has 2 aromatic rings. The fourth-order valence-electron chi connectivity index (χ4n) is 1.98. The maximum atomic E-state index is 11.7. The second-order valence-corrected chi connectivity index (χ2v) is 5.11. The number of aromatic nitrogens is 2. The lowest BCUT2D eigenvalue weighted by Gasteiger charge is -2.14. The highest BCUT2D eigenvalue weighted by Gasteiger charge is 2.11. The van der Waals surface area contributed by atoms with E-state index >= 15 is 0 Å². The van der Waals surface area contributed by atoms with Crippen LogP contribution in [0.3, 0.4) is 0 Å². The Bertz CT molecular complexity index is 755. The highest BCUT2D eigenvalue weighted by molar-refractivity contribution is 7.71. The lowest BCUT2D eigenvalue weighted by molar-refractivity contribution is 0.186. The average Bonchev–Trinajstić information content (AvgIpc) is 2.45. The molecule has 1 N–H and O–H groups in total. The van der Waals surface area contributed by atoms with Crippen LogP contribution in [0.25, 0.3) is 11.3 Å². The molecule has 1 aromatic heterocycles. The van der Waals surface area contributed by atoms with Crippen molar-refractivity contribution < 1.29 is 9.47 Å². The topological polar surface area (TPSA) is 56.2 Å². The second-order valence-electron chi connectivity index (χ2n) is 4.31. The van der Waals surface area contributed by atoms with Gasteiger partial charge >= 0.3 is 0 Å². The number of methoxy groups -OCH3 is 2. The Morgan fingerprint density at radius 3 is 2.71 bits per heavy atom. The summed E-state index contributed by atoms with van der Waals surface area (Å²) >= 11 is 11.5. The molecule has 112 valence electrons.